The van der Waals surface area contributed by atoms with Crippen molar-refractivity contribution in [1.29, 1.82) is 0 Å². The van der Waals surface area contributed by atoms with Gasteiger partial charge in [-0.3, -0.25) is 4.79 Å². The minimum Gasteiger partial charge on any atom is -0.480 e. The average Bonchev–Trinajstić information content (AvgIpc) is 2.87. The summed E-state index contributed by atoms with van der Waals surface area (Å²) in [5.41, 5.74) is 7.73. The Labute approximate surface area is 115 Å². The molecule has 1 aromatic rings. The van der Waals surface area contributed by atoms with Crippen molar-refractivity contribution in [3.05, 3.63) is 35.4 Å². The van der Waals surface area contributed by atoms with Gasteiger partial charge < -0.3 is 15.7 Å². The molecule has 0 spiro atoms. The van der Waals surface area contributed by atoms with Gasteiger partial charge in [0.2, 0.25) is 5.91 Å². The van der Waals surface area contributed by atoms with Crippen LogP contribution in [0, 0.1) is 6.92 Å². The van der Waals surface area contributed by atoms with Crippen molar-refractivity contribution in [2.45, 2.75) is 19.0 Å². The number of rotatable bonds is 3. The van der Waals surface area contributed by atoms with Gasteiger partial charge in [0.25, 0.3) is 0 Å². The van der Waals surface area contributed by atoms with Crippen LogP contribution in [0.3, 0.4) is 0 Å². The van der Waals surface area contributed by atoms with E-state index in [1.807, 2.05) is 19.1 Å². The number of thioether (sulfide) groups is 1. The zero-order valence-corrected chi connectivity index (χ0v) is 11.4. The summed E-state index contributed by atoms with van der Waals surface area (Å²) in [6.45, 7) is 1.95. The minimum atomic E-state index is -0.977. The Balaban J connectivity index is 2.14. The Morgan fingerprint density at radius 3 is 2.63 bits per heavy atom. The number of carboxylic acid groups (broad SMARTS) is 1. The molecule has 2 unspecified atom stereocenters. The molecular weight excluding hydrogens is 264 g/mol. The van der Waals surface area contributed by atoms with Crippen molar-refractivity contribution in [2.75, 3.05) is 11.6 Å². The molecule has 1 fully saturated rings. The lowest BCUT2D eigenvalue weighted by molar-refractivity contribution is -0.148. The van der Waals surface area contributed by atoms with E-state index < -0.39 is 18.1 Å². The predicted molar refractivity (Wildman–Crippen MR) is 73.7 cm³/mol. The van der Waals surface area contributed by atoms with Crippen LogP contribution in [0.25, 0.3) is 0 Å². The largest absolute Gasteiger partial charge is 0.480 e. The topological polar surface area (TPSA) is 83.6 Å². The average molecular weight is 280 g/mol. The number of carbonyl (C=O) groups is 2. The summed E-state index contributed by atoms with van der Waals surface area (Å²) >= 11 is 1.43. The lowest BCUT2D eigenvalue weighted by Crippen LogP contribution is -2.45. The Morgan fingerprint density at radius 2 is 2.05 bits per heavy atom. The second-order valence-corrected chi connectivity index (χ2v) is 5.55. The van der Waals surface area contributed by atoms with Crippen molar-refractivity contribution in [3.8, 4) is 0 Å². The normalized spacial score (nSPS) is 20.3. The number of aliphatic carboxylic acids is 1. The van der Waals surface area contributed by atoms with Crippen LogP contribution in [0.4, 0.5) is 0 Å². The molecule has 2 rings (SSSR count). The third-order valence-corrected chi connectivity index (χ3v) is 4.17. The molecule has 19 heavy (non-hydrogen) atoms. The van der Waals surface area contributed by atoms with Crippen LogP contribution in [-0.4, -0.2) is 39.6 Å². The number of nitrogens with zero attached hydrogens (tertiary/aromatic N) is 1. The lowest BCUT2D eigenvalue weighted by Gasteiger charge is -2.24. The fourth-order valence-electron chi connectivity index (χ4n) is 1.96. The third kappa shape index (κ3) is 2.90. The highest BCUT2D eigenvalue weighted by molar-refractivity contribution is 7.99. The molecule has 1 aromatic carbocycles. The van der Waals surface area contributed by atoms with Gasteiger partial charge in [0.15, 0.2) is 0 Å². The first-order valence-corrected chi connectivity index (χ1v) is 7.09. The predicted octanol–water partition coefficient (Wildman–Crippen LogP) is 0.981. The van der Waals surface area contributed by atoms with Crippen LogP contribution in [0.1, 0.15) is 17.2 Å². The summed E-state index contributed by atoms with van der Waals surface area (Å²) in [5, 5.41) is 9.07. The molecule has 3 N–H and O–H groups in total. The Hall–Kier alpha value is -1.53. The van der Waals surface area contributed by atoms with E-state index in [9.17, 15) is 9.59 Å². The number of carboxylic acids is 1. The number of hydrogen-bond donors (Lipinski definition) is 2. The zero-order valence-electron chi connectivity index (χ0n) is 10.6. The standard InChI is InChI=1S/C13H16N2O3S/c1-8-2-4-9(5-3-8)11(14)12(16)15-7-19-6-10(15)13(17)18/h2-5,10-11H,6-7,14H2,1H3,(H,17,18). The molecule has 102 valence electrons. The monoisotopic (exact) mass is 280 g/mol. The summed E-state index contributed by atoms with van der Waals surface area (Å²) in [5.74, 6) is -0.507. The summed E-state index contributed by atoms with van der Waals surface area (Å²) < 4.78 is 0. The van der Waals surface area contributed by atoms with Gasteiger partial charge in [0.1, 0.15) is 12.1 Å². The molecule has 1 saturated heterocycles. The summed E-state index contributed by atoms with van der Waals surface area (Å²) in [6.07, 6.45) is 0. The highest BCUT2D eigenvalue weighted by atomic mass is 32.2. The summed E-state index contributed by atoms with van der Waals surface area (Å²) in [7, 11) is 0. The molecule has 0 radical (unpaired) electrons. The third-order valence-electron chi connectivity index (χ3n) is 3.15. The molecule has 5 nitrogen and oxygen atoms in total. The fourth-order valence-corrected chi connectivity index (χ4v) is 3.11. The zero-order chi connectivity index (χ0) is 14.0. The van der Waals surface area contributed by atoms with E-state index in [-0.39, 0.29) is 5.91 Å². The Kier molecular flexibility index (Phi) is 4.11. The summed E-state index contributed by atoms with van der Waals surface area (Å²) in [4.78, 5) is 24.7. The van der Waals surface area contributed by atoms with Gasteiger partial charge in [0, 0.05) is 5.75 Å². The number of benzene rings is 1. The van der Waals surface area contributed by atoms with Crippen molar-refractivity contribution in [1.82, 2.24) is 4.90 Å². The number of aryl methyl sites for hydroxylation is 1. The number of hydrogen-bond acceptors (Lipinski definition) is 4. The van der Waals surface area contributed by atoms with Gasteiger partial charge in [-0.15, -0.1) is 11.8 Å². The molecule has 0 aromatic heterocycles. The molecule has 1 heterocycles. The molecular formula is C13H16N2O3S. The maximum Gasteiger partial charge on any atom is 0.327 e. The van der Waals surface area contributed by atoms with Crippen LogP contribution in [0.2, 0.25) is 0 Å². The minimum absolute atomic E-state index is 0.332. The Morgan fingerprint density at radius 1 is 1.42 bits per heavy atom. The van der Waals surface area contributed by atoms with Crippen molar-refractivity contribution in [3.63, 3.8) is 0 Å². The lowest BCUT2D eigenvalue weighted by atomic mass is 10.0. The van der Waals surface area contributed by atoms with Crippen molar-refractivity contribution >= 4 is 23.6 Å². The van der Waals surface area contributed by atoms with Crippen LogP contribution in [0.5, 0.6) is 0 Å². The first-order valence-electron chi connectivity index (χ1n) is 5.94. The Bertz CT molecular complexity index is 489. The fraction of sp³-hybridized carbons (Fsp3) is 0.385. The van der Waals surface area contributed by atoms with Gasteiger partial charge in [-0.25, -0.2) is 4.79 Å². The molecule has 0 saturated carbocycles. The highest BCUT2D eigenvalue weighted by Gasteiger charge is 2.36. The van der Waals surface area contributed by atoms with E-state index in [1.165, 1.54) is 16.7 Å². The van der Waals surface area contributed by atoms with Crippen LogP contribution in [0.15, 0.2) is 24.3 Å². The van der Waals surface area contributed by atoms with E-state index in [0.29, 0.717) is 17.2 Å². The molecule has 6 heteroatoms. The van der Waals surface area contributed by atoms with Crippen molar-refractivity contribution in [2.24, 2.45) is 5.73 Å². The number of nitrogens with two attached hydrogens (primary N) is 1. The number of amides is 1. The molecule has 1 amide bonds. The second kappa shape index (κ2) is 5.63. The first-order chi connectivity index (χ1) is 9.00. The smallest absolute Gasteiger partial charge is 0.327 e. The maximum absolute atomic E-state index is 12.3. The van der Waals surface area contributed by atoms with Gasteiger partial charge in [-0.2, -0.15) is 0 Å². The van der Waals surface area contributed by atoms with Gasteiger partial charge in [-0.1, -0.05) is 29.8 Å². The van der Waals surface area contributed by atoms with E-state index in [1.54, 1.807) is 12.1 Å². The first kappa shape index (κ1) is 13.9. The SMILES string of the molecule is Cc1ccc(C(N)C(=O)N2CSCC2C(=O)O)cc1. The molecule has 0 aliphatic carbocycles. The van der Waals surface area contributed by atoms with Crippen LogP contribution < -0.4 is 5.73 Å². The van der Waals surface area contributed by atoms with Gasteiger partial charge in [0.05, 0.1) is 5.88 Å². The van der Waals surface area contributed by atoms with Gasteiger partial charge in [-0.05, 0) is 12.5 Å². The molecule has 2 atom stereocenters. The van der Waals surface area contributed by atoms with E-state index in [2.05, 4.69) is 0 Å². The second-order valence-electron chi connectivity index (χ2n) is 4.55. The number of carbonyl (C=O) groups excluding carboxylic acids is 1. The molecule has 1 aliphatic heterocycles. The van der Waals surface area contributed by atoms with E-state index in [0.717, 1.165) is 5.56 Å². The highest BCUT2D eigenvalue weighted by Crippen LogP contribution is 2.25. The quantitative estimate of drug-likeness (QED) is 0.862. The van der Waals surface area contributed by atoms with E-state index in [4.69, 9.17) is 10.8 Å². The molecule has 1 aliphatic rings. The van der Waals surface area contributed by atoms with Crippen LogP contribution >= 0.6 is 11.8 Å². The van der Waals surface area contributed by atoms with Gasteiger partial charge >= 0.3 is 5.97 Å². The van der Waals surface area contributed by atoms with Crippen LogP contribution in [-0.2, 0) is 9.59 Å². The van der Waals surface area contributed by atoms with Crippen molar-refractivity contribution < 1.29 is 14.7 Å². The molecule has 0 bridgehead atoms. The van der Waals surface area contributed by atoms with E-state index >= 15 is 0 Å². The summed E-state index contributed by atoms with van der Waals surface area (Å²) in [6, 6.07) is 5.80. The maximum atomic E-state index is 12.3.